The van der Waals surface area contributed by atoms with Crippen LogP contribution in [0.5, 0.6) is 0 Å². The molecule has 0 aromatic heterocycles. The van der Waals surface area contributed by atoms with E-state index in [1.165, 1.54) is 5.56 Å². The smallest absolute Gasteiger partial charge is 0.306 e. The minimum atomic E-state index is -0.650. The molecule has 1 aromatic rings. The lowest BCUT2D eigenvalue weighted by molar-refractivity contribution is -0.139. The van der Waals surface area contributed by atoms with E-state index in [-0.39, 0.29) is 5.92 Å². The van der Waals surface area contributed by atoms with Crippen molar-refractivity contribution in [1.29, 1.82) is 0 Å². The number of carboxylic acid groups (broad SMARTS) is 1. The van der Waals surface area contributed by atoms with Gasteiger partial charge in [0.15, 0.2) is 0 Å². The van der Waals surface area contributed by atoms with Crippen LogP contribution in [-0.2, 0) is 11.2 Å². The Bertz CT molecular complexity index is 403. The molecule has 2 rings (SSSR count). The van der Waals surface area contributed by atoms with Crippen LogP contribution in [0, 0.1) is 17.8 Å². The Morgan fingerprint density at radius 2 is 2.38 bits per heavy atom. The average Bonchev–Trinajstić information content (AvgIpc) is 2.96. The van der Waals surface area contributed by atoms with Crippen molar-refractivity contribution in [3.8, 4) is 0 Å². The van der Waals surface area contributed by atoms with E-state index in [0.717, 1.165) is 17.9 Å². The lowest BCUT2D eigenvalue weighted by Gasteiger charge is -2.10. The summed E-state index contributed by atoms with van der Waals surface area (Å²) in [7, 11) is 0. The van der Waals surface area contributed by atoms with Gasteiger partial charge in [-0.1, -0.05) is 30.7 Å². The molecule has 3 atom stereocenters. The Hall–Kier alpha value is -1.02. The van der Waals surface area contributed by atoms with Crippen LogP contribution in [0.25, 0.3) is 0 Å². The van der Waals surface area contributed by atoms with E-state index < -0.39 is 5.97 Å². The van der Waals surface area contributed by atoms with E-state index in [9.17, 15) is 4.79 Å². The molecule has 0 spiro atoms. The van der Waals surface area contributed by atoms with Gasteiger partial charge in [-0.3, -0.25) is 4.79 Å². The van der Waals surface area contributed by atoms with Gasteiger partial charge in [0.05, 0.1) is 5.92 Å². The van der Waals surface area contributed by atoms with Crippen LogP contribution in [0.4, 0.5) is 0 Å². The monoisotopic (exact) mass is 238 g/mol. The molecule has 16 heavy (non-hydrogen) atoms. The summed E-state index contributed by atoms with van der Waals surface area (Å²) in [6, 6.07) is 7.79. The van der Waals surface area contributed by atoms with Crippen molar-refractivity contribution in [2.24, 2.45) is 17.8 Å². The summed E-state index contributed by atoms with van der Waals surface area (Å²) in [6.07, 6.45) is 1.74. The first-order valence-corrected chi connectivity index (χ1v) is 5.93. The number of hydrogen-bond donors (Lipinski definition) is 1. The fourth-order valence-electron chi connectivity index (χ4n) is 2.31. The maximum absolute atomic E-state index is 10.8. The van der Waals surface area contributed by atoms with Crippen LogP contribution >= 0.6 is 11.6 Å². The fourth-order valence-corrected chi connectivity index (χ4v) is 2.53. The summed E-state index contributed by atoms with van der Waals surface area (Å²) in [4.78, 5) is 10.8. The third-order valence-corrected chi connectivity index (χ3v) is 3.57. The van der Waals surface area contributed by atoms with Gasteiger partial charge in [0.25, 0.3) is 0 Å². The molecule has 0 saturated heterocycles. The van der Waals surface area contributed by atoms with Gasteiger partial charge in [-0.2, -0.15) is 0 Å². The van der Waals surface area contributed by atoms with Crippen molar-refractivity contribution in [2.75, 3.05) is 0 Å². The molecule has 86 valence electrons. The largest absolute Gasteiger partial charge is 0.481 e. The first-order chi connectivity index (χ1) is 7.58. The van der Waals surface area contributed by atoms with Gasteiger partial charge in [0.2, 0.25) is 0 Å². The fraction of sp³-hybridized carbons (Fsp3) is 0.462. The number of hydrogen-bond acceptors (Lipinski definition) is 1. The molecule has 1 aliphatic carbocycles. The predicted octanol–water partition coefficient (Wildman–Crippen LogP) is 3.24. The number of carbonyl (C=O) groups is 1. The Morgan fingerprint density at radius 3 is 2.94 bits per heavy atom. The summed E-state index contributed by atoms with van der Waals surface area (Å²) in [5, 5.41) is 9.61. The molecule has 0 aliphatic heterocycles. The summed E-state index contributed by atoms with van der Waals surface area (Å²) in [5.41, 5.74) is 1.19. The molecule has 2 nitrogen and oxygen atoms in total. The minimum Gasteiger partial charge on any atom is -0.481 e. The molecular formula is C13H15ClO2. The van der Waals surface area contributed by atoms with E-state index in [1.54, 1.807) is 0 Å². The lowest BCUT2D eigenvalue weighted by Crippen LogP contribution is -2.08. The molecule has 1 fully saturated rings. The van der Waals surface area contributed by atoms with Crippen LogP contribution in [0.2, 0.25) is 5.02 Å². The van der Waals surface area contributed by atoms with E-state index in [4.69, 9.17) is 16.7 Å². The van der Waals surface area contributed by atoms with E-state index in [2.05, 4.69) is 6.92 Å². The molecule has 0 heterocycles. The highest BCUT2D eigenvalue weighted by Crippen LogP contribution is 2.45. The van der Waals surface area contributed by atoms with Crippen LogP contribution < -0.4 is 0 Å². The Balaban J connectivity index is 1.93. The number of halogens is 1. The first kappa shape index (κ1) is 11.5. The minimum absolute atomic E-state index is 0.116. The topological polar surface area (TPSA) is 37.3 Å². The zero-order valence-electron chi connectivity index (χ0n) is 9.19. The van der Waals surface area contributed by atoms with E-state index >= 15 is 0 Å². The highest BCUT2D eigenvalue weighted by molar-refractivity contribution is 6.30. The molecule has 3 unspecified atom stereocenters. The Labute approximate surface area is 100 Å². The Morgan fingerprint density at radius 1 is 1.62 bits per heavy atom. The third-order valence-electron chi connectivity index (χ3n) is 3.33. The molecule has 1 saturated carbocycles. The van der Waals surface area contributed by atoms with Crippen molar-refractivity contribution in [3.05, 3.63) is 34.9 Å². The highest BCUT2D eigenvalue weighted by atomic mass is 35.5. The van der Waals surface area contributed by atoms with E-state index in [1.807, 2.05) is 24.3 Å². The zero-order valence-corrected chi connectivity index (χ0v) is 9.95. The SMILES string of the molecule is CC(Cc1cccc(Cl)c1)C1CC1C(=O)O. The second kappa shape index (κ2) is 4.46. The summed E-state index contributed by atoms with van der Waals surface area (Å²) in [6.45, 7) is 2.12. The number of rotatable bonds is 4. The number of benzene rings is 1. The molecule has 0 bridgehead atoms. The molecule has 3 heteroatoms. The summed E-state index contributed by atoms with van der Waals surface area (Å²) >= 11 is 5.91. The Kier molecular flexibility index (Phi) is 3.20. The molecule has 1 aliphatic rings. The van der Waals surface area contributed by atoms with Gasteiger partial charge in [-0.25, -0.2) is 0 Å². The van der Waals surface area contributed by atoms with Crippen molar-refractivity contribution in [1.82, 2.24) is 0 Å². The average molecular weight is 239 g/mol. The highest BCUT2D eigenvalue weighted by Gasteiger charge is 2.45. The maximum atomic E-state index is 10.8. The quantitative estimate of drug-likeness (QED) is 0.875. The standard InChI is InChI=1S/C13H15ClO2/c1-8(11-7-12(11)13(15)16)5-9-3-2-4-10(14)6-9/h2-4,6,8,11-12H,5,7H2,1H3,(H,15,16). The second-order valence-corrected chi connectivity index (χ2v) is 5.09. The first-order valence-electron chi connectivity index (χ1n) is 5.55. The van der Waals surface area contributed by atoms with Crippen molar-refractivity contribution >= 4 is 17.6 Å². The zero-order chi connectivity index (χ0) is 11.7. The lowest BCUT2D eigenvalue weighted by atomic mass is 9.95. The van der Waals surface area contributed by atoms with Crippen LogP contribution in [0.15, 0.2) is 24.3 Å². The van der Waals surface area contributed by atoms with Gasteiger partial charge in [0.1, 0.15) is 0 Å². The number of aliphatic carboxylic acids is 1. The predicted molar refractivity (Wildman–Crippen MR) is 63.6 cm³/mol. The van der Waals surface area contributed by atoms with Gasteiger partial charge < -0.3 is 5.11 Å². The normalized spacial score (nSPS) is 25.1. The van der Waals surface area contributed by atoms with E-state index in [0.29, 0.717) is 11.8 Å². The van der Waals surface area contributed by atoms with Gasteiger partial charge in [-0.15, -0.1) is 0 Å². The van der Waals surface area contributed by atoms with Crippen LogP contribution in [0.3, 0.4) is 0 Å². The van der Waals surface area contributed by atoms with Crippen LogP contribution in [0.1, 0.15) is 18.9 Å². The van der Waals surface area contributed by atoms with Gasteiger partial charge >= 0.3 is 5.97 Å². The second-order valence-electron chi connectivity index (χ2n) is 4.66. The molecule has 1 N–H and O–H groups in total. The molecule has 0 amide bonds. The molecule has 1 aromatic carbocycles. The summed E-state index contributed by atoms with van der Waals surface area (Å²) in [5.74, 6) is -0.00632. The van der Waals surface area contributed by atoms with Crippen molar-refractivity contribution in [2.45, 2.75) is 19.8 Å². The van der Waals surface area contributed by atoms with Gasteiger partial charge in [-0.05, 0) is 42.4 Å². The maximum Gasteiger partial charge on any atom is 0.306 e. The van der Waals surface area contributed by atoms with Crippen molar-refractivity contribution in [3.63, 3.8) is 0 Å². The number of carboxylic acids is 1. The van der Waals surface area contributed by atoms with Gasteiger partial charge in [0, 0.05) is 5.02 Å². The molecule has 0 radical (unpaired) electrons. The summed E-state index contributed by atoms with van der Waals surface area (Å²) < 4.78 is 0. The van der Waals surface area contributed by atoms with Crippen LogP contribution in [-0.4, -0.2) is 11.1 Å². The third kappa shape index (κ3) is 2.56. The molecular weight excluding hydrogens is 224 g/mol. The van der Waals surface area contributed by atoms with Crippen molar-refractivity contribution < 1.29 is 9.90 Å².